The van der Waals surface area contributed by atoms with Crippen LogP contribution in [0.2, 0.25) is 0 Å². The zero-order valence-electron chi connectivity index (χ0n) is 15.0. The van der Waals surface area contributed by atoms with Crippen LogP contribution in [0.3, 0.4) is 0 Å². The Balaban J connectivity index is 1.87. The maximum atomic E-state index is 12.1. The van der Waals surface area contributed by atoms with Crippen LogP contribution in [0.1, 0.15) is 39.8 Å². The van der Waals surface area contributed by atoms with Gasteiger partial charge in [0.25, 0.3) is 0 Å². The SMILES string of the molecule is CC(C)(C)SSCCC(=O)Nc1ccn([C@H]2C[C@H](O)[C@@H](CO)O2)c(=O)n1. The molecule has 0 aromatic carbocycles. The van der Waals surface area contributed by atoms with Gasteiger partial charge in [0.15, 0.2) is 0 Å². The zero-order valence-corrected chi connectivity index (χ0v) is 16.7. The molecule has 2 rings (SSSR count). The number of carbonyl (C=O) groups is 1. The molecule has 26 heavy (non-hydrogen) atoms. The second-order valence-electron chi connectivity index (χ2n) is 6.93. The molecule has 0 radical (unpaired) electrons. The van der Waals surface area contributed by atoms with E-state index in [0.29, 0.717) is 12.2 Å². The van der Waals surface area contributed by atoms with Crippen molar-refractivity contribution in [2.75, 3.05) is 17.7 Å². The number of nitrogens with one attached hydrogen (secondary N) is 1. The first kappa shape index (κ1) is 21.2. The first-order chi connectivity index (χ1) is 12.2. The molecule has 1 aromatic rings. The van der Waals surface area contributed by atoms with Crippen molar-refractivity contribution < 1.29 is 19.7 Å². The summed E-state index contributed by atoms with van der Waals surface area (Å²) < 4.78 is 6.81. The van der Waals surface area contributed by atoms with E-state index in [0.717, 1.165) is 0 Å². The second kappa shape index (κ2) is 9.23. The second-order valence-corrected chi connectivity index (χ2v) is 10.2. The van der Waals surface area contributed by atoms with Crippen LogP contribution in [0.25, 0.3) is 0 Å². The highest BCUT2D eigenvalue weighted by Crippen LogP contribution is 2.35. The van der Waals surface area contributed by atoms with Gasteiger partial charge >= 0.3 is 5.69 Å². The molecule has 10 heteroatoms. The fourth-order valence-electron chi connectivity index (χ4n) is 2.31. The number of aliphatic hydroxyl groups excluding tert-OH is 2. The predicted molar refractivity (Wildman–Crippen MR) is 103 cm³/mol. The molecule has 2 heterocycles. The minimum atomic E-state index is -0.834. The van der Waals surface area contributed by atoms with Crippen LogP contribution in [0, 0.1) is 0 Å². The quantitative estimate of drug-likeness (QED) is 0.462. The normalized spacial score (nSPS) is 23.2. The molecule has 1 fully saturated rings. The number of aliphatic hydroxyl groups is 2. The van der Waals surface area contributed by atoms with Gasteiger partial charge in [-0.05, 0) is 6.07 Å². The van der Waals surface area contributed by atoms with Crippen LogP contribution in [-0.4, -0.2) is 55.0 Å². The first-order valence-corrected chi connectivity index (χ1v) is 10.7. The van der Waals surface area contributed by atoms with E-state index in [1.54, 1.807) is 21.6 Å². The fraction of sp³-hybridized carbons (Fsp3) is 0.688. The molecule has 0 bridgehead atoms. The number of hydrogen-bond donors (Lipinski definition) is 3. The monoisotopic (exact) mass is 403 g/mol. The summed E-state index contributed by atoms with van der Waals surface area (Å²) in [5.74, 6) is 0.646. The van der Waals surface area contributed by atoms with E-state index in [1.165, 1.54) is 16.8 Å². The molecular formula is C16H25N3O5S2. The van der Waals surface area contributed by atoms with E-state index < -0.39 is 24.1 Å². The van der Waals surface area contributed by atoms with Crippen molar-refractivity contribution in [1.29, 1.82) is 0 Å². The predicted octanol–water partition coefficient (Wildman–Crippen LogP) is 1.39. The van der Waals surface area contributed by atoms with Crippen LogP contribution >= 0.6 is 21.6 Å². The number of rotatable bonds is 7. The van der Waals surface area contributed by atoms with Crippen LogP contribution < -0.4 is 11.0 Å². The van der Waals surface area contributed by atoms with Crippen molar-refractivity contribution in [3.63, 3.8) is 0 Å². The molecule has 0 spiro atoms. The van der Waals surface area contributed by atoms with Gasteiger partial charge in [-0.25, -0.2) is 4.79 Å². The molecule has 0 aliphatic carbocycles. The van der Waals surface area contributed by atoms with Gasteiger partial charge in [0.2, 0.25) is 5.91 Å². The Labute approximate surface area is 160 Å². The van der Waals surface area contributed by atoms with Crippen LogP contribution in [-0.2, 0) is 9.53 Å². The minimum Gasteiger partial charge on any atom is -0.394 e. The number of ether oxygens (including phenoxy) is 1. The Kier molecular flexibility index (Phi) is 7.53. The number of hydrogen-bond acceptors (Lipinski definition) is 8. The maximum Gasteiger partial charge on any atom is 0.351 e. The number of aromatic nitrogens is 2. The number of amides is 1. The van der Waals surface area contributed by atoms with Gasteiger partial charge in [-0.1, -0.05) is 42.4 Å². The van der Waals surface area contributed by atoms with Gasteiger partial charge in [0.1, 0.15) is 18.1 Å². The van der Waals surface area contributed by atoms with Gasteiger partial charge in [-0.3, -0.25) is 9.36 Å². The van der Waals surface area contributed by atoms with E-state index in [9.17, 15) is 14.7 Å². The van der Waals surface area contributed by atoms with Crippen molar-refractivity contribution in [2.45, 2.75) is 56.8 Å². The molecule has 1 saturated heterocycles. The molecule has 0 unspecified atom stereocenters. The topological polar surface area (TPSA) is 114 Å². The van der Waals surface area contributed by atoms with Gasteiger partial charge < -0.3 is 20.3 Å². The lowest BCUT2D eigenvalue weighted by atomic mass is 10.2. The van der Waals surface area contributed by atoms with E-state index in [2.05, 4.69) is 31.1 Å². The van der Waals surface area contributed by atoms with Crippen LogP contribution in [0.15, 0.2) is 17.1 Å². The molecule has 146 valence electrons. The summed E-state index contributed by atoms with van der Waals surface area (Å²) in [6.07, 6.45) is -0.241. The Morgan fingerprint density at radius 3 is 2.81 bits per heavy atom. The third-order valence-electron chi connectivity index (χ3n) is 3.51. The van der Waals surface area contributed by atoms with Crippen molar-refractivity contribution >= 4 is 33.3 Å². The van der Waals surface area contributed by atoms with Gasteiger partial charge in [-0.2, -0.15) is 4.98 Å². The summed E-state index contributed by atoms with van der Waals surface area (Å²) in [5, 5.41) is 21.5. The average Bonchev–Trinajstić information content (AvgIpc) is 2.91. The van der Waals surface area contributed by atoms with E-state index >= 15 is 0 Å². The summed E-state index contributed by atoms with van der Waals surface area (Å²) in [6, 6.07) is 1.51. The standard InChI is InChI=1S/C16H25N3O5S2/c1-16(2,3)26-25-7-5-13(22)17-12-4-6-19(15(23)18-12)14-8-10(21)11(9-20)24-14/h4,6,10-11,14,20-21H,5,7-9H2,1-3H3,(H,17,18,22,23)/t10-,11+,14+/m0/s1. The number of carbonyl (C=O) groups excluding carboxylic acids is 1. The molecule has 3 N–H and O–H groups in total. The smallest absolute Gasteiger partial charge is 0.351 e. The van der Waals surface area contributed by atoms with Gasteiger partial charge in [0.05, 0.1) is 12.7 Å². The lowest BCUT2D eigenvalue weighted by Gasteiger charge is -2.16. The lowest BCUT2D eigenvalue weighted by molar-refractivity contribution is -0.115. The highest BCUT2D eigenvalue weighted by molar-refractivity contribution is 8.77. The molecule has 0 saturated carbocycles. The number of anilines is 1. The van der Waals surface area contributed by atoms with E-state index in [1.807, 2.05) is 0 Å². The molecular weight excluding hydrogens is 378 g/mol. The Bertz CT molecular complexity index is 677. The Morgan fingerprint density at radius 2 is 2.23 bits per heavy atom. The minimum absolute atomic E-state index is 0.137. The third kappa shape index (κ3) is 6.27. The highest BCUT2D eigenvalue weighted by Gasteiger charge is 2.34. The maximum absolute atomic E-state index is 12.1. The van der Waals surface area contributed by atoms with Gasteiger partial charge in [-0.15, -0.1) is 0 Å². The van der Waals surface area contributed by atoms with Crippen molar-refractivity contribution in [3.8, 4) is 0 Å². The average molecular weight is 404 g/mol. The molecule has 1 aliphatic heterocycles. The summed E-state index contributed by atoms with van der Waals surface area (Å²) in [5.41, 5.74) is -0.587. The van der Waals surface area contributed by atoms with Crippen molar-refractivity contribution in [1.82, 2.24) is 9.55 Å². The largest absolute Gasteiger partial charge is 0.394 e. The lowest BCUT2D eigenvalue weighted by Crippen LogP contribution is -2.28. The Hall–Kier alpha value is -1.07. The molecule has 3 atom stereocenters. The first-order valence-electron chi connectivity index (χ1n) is 8.33. The van der Waals surface area contributed by atoms with E-state index in [-0.39, 0.29) is 29.5 Å². The van der Waals surface area contributed by atoms with Crippen LogP contribution in [0.5, 0.6) is 0 Å². The van der Waals surface area contributed by atoms with Crippen molar-refractivity contribution in [3.05, 3.63) is 22.7 Å². The van der Waals surface area contributed by atoms with Crippen LogP contribution in [0.4, 0.5) is 5.82 Å². The summed E-state index contributed by atoms with van der Waals surface area (Å²) in [4.78, 5) is 27.9. The summed E-state index contributed by atoms with van der Waals surface area (Å²) in [6.45, 7) is 6.01. The summed E-state index contributed by atoms with van der Waals surface area (Å²) >= 11 is 0. The van der Waals surface area contributed by atoms with E-state index in [4.69, 9.17) is 9.84 Å². The molecule has 1 aromatic heterocycles. The molecule has 1 amide bonds. The molecule has 1 aliphatic rings. The fourth-order valence-corrected chi connectivity index (χ4v) is 4.58. The third-order valence-corrected chi connectivity index (χ3v) is 6.86. The van der Waals surface area contributed by atoms with Crippen molar-refractivity contribution in [2.24, 2.45) is 0 Å². The summed E-state index contributed by atoms with van der Waals surface area (Å²) in [7, 11) is 3.35. The Morgan fingerprint density at radius 1 is 1.50 bits per heavy atom. The zero-order chi connectivity index (χ0) is 19.3. The highest BCUT2D eigenvalue weighted by atomic mass is 33.1. The molecule has 8 nitrogen and oxygen atoms in total. The van der Waals surface area contributed by atoms with Gasteiger partial charge in [0, 0.05) is 29.5 Å². The number of nitrogens with zero attached hydrogens (tertiary/aromatic N) is 2.